The van der Waals surface area contributed by atoms with Gasteiger partial charge in [-0.15, -0.1) is 0 Å². The number of nitrogens with two attached hydrogens (primary N) is 1. The highest BCUT2D eigenvalue weighted by molar-refractivity contribution is 5.83. The SMILES string of the molecule is CCc1ccc2c(c1)C(CN)c1cccc(OC)c1-2. The molecule has 2 heteroatoms. The van der Waals surface area contributed by atoms with Crippen molar-refractivity contribution in [1.29, 1.82) is 0 Å². The quantitative estimate of drug-likeness (QED) is 0.910. The molecule has 0 aromatic heterocycles. The molecule has 0 amide bonds. The number of rotatable bonds is 3. The summed E-state index contributed by atoms with van der Waals surface area (Å²) in [7, 11) is 1.73. The van der Waals surface area contributed by atoms with Gasteiger partial charge in [0.1, 0.15) is 5.75 Å². The molecule has 2 aromatic rings. The number of benzene rings is 2. The van der Waals surface area contributed by atoms with E-state index in [4.69, 9.17) is 10.5 Å². The molecule has 19 heavy (non-hydrogen) atoms. The third kappa shape index (κ3) is 1.75. The molecular weight excluding hydrogens is 234 g/mol. The average molecular weight is 253 g/mol. The van der Waals surface area contributed by atoms with E-state index in [-0.39, 0.29) is 0 Å². The summed E-state index contributed by atoms with van der Waals surface area (Å²) in [6.07, 6.45) is 1.05. The van der Waals surface area contributed by atoms with E-state index in [0.717, 1.165) is 12.2 Å². The molecule has 2 N–H and O–H groups in total. The molecule has 0 fully saturated rings. The number of hydrogen-bond acceptors (Lipinski definition) is 2. The van der Waals surface area contributed by atoms with Crippen LogP contribution in [0.4, 0.5) is 0 Å². The van der Waals surface area contributed by atoms with E-state index in [2.05, 4.69) is 31.2 Å². The van der Waals surface area contributed by atoms with Crippen LogP contribution < -0.4 is 10.5 Å². The lowest BCUT2D eigenvalue weighted by Crippen LogP contribution is -2.11. The summed E-state index contributed by atoms with van der Waals surface area (Å²) < 4.78 is 5.52. The molecule has 0 aliphatic heterocycles. The van der Waals surface area contributed by atoms with Gasteiger partial charge in [0.05, 0.1) is 7.11 Å². The third-order valence-corrected chi connectivity index (χ3v) is 4.06. The number of hydrogen-bond donors (Lipinski definition) is 1. The maximum atomic E-state index is 6.01. The van der Waals surface area contributed by atoms with Crippen molar-refractivity contribution in [2.75, 3.05) is 13.7 Å². The second-order valence-corrected chi connectivity index (χ2v) is 4.99. The van der Waals surface area contributed by atoms with E-state index in [0.29, 0.717) is 12.5 Å². The largest absolute Gasteiger partial charge is 0.496 e. The van der Waals surface area contributed by atoms with Crippen molar-refractivity contribution in [2.45, 2.75) is 19.3 Å². The van der Waals surface area contributed by atoms with E-state index in [1.165, 1.54) is 27.8 Å². The minimum atomic E-state index is 0.298. The van der Waals surface area contributed by atoms with Gasteiger partial charge in [0, 0.05) is 18.0 Å². The van der Waals surface area contributed by atoms with E-state index < -0.39 is 0 Å². The Morgan fingerprint density at radius 2 is 2.00 bits per heavy atom. The molecule has 98 valence electrons. The second kappa shape index (κ2) is 4.71. The Morgan fingerprint density at radius 1 is 1.16 bits per heavy atom. The Labute approximate surface area is 114 Å². The minimum Gasteiger partial charge on any atom is -0.496 e. The lowest BCUT2D eigenvalue weighted by Gasteiger charge is -2.11. The summed E-state index contributed by atoms with van der Waals surface area (Å²) in [4.78, 5) is 0. The van der Waals surface area contributed by atoms with Gasteiger partial charge in [0.15, 0.2) is 0 Å². The van der Waals surface area contributed by atoms with Gasteiger partial charge in [-0.25, -0.2) is 0 Å². The molecule has 1 aliphatic carbocycles. The Bertz CT molecular complexity index is 619. The van der Waals surface area contributed by atoms with Gasteiger partial charge in [0.25, 0.3) is 0 Å². The zero-order valence-corrected chi connectivity index (χ0v) is 11.4. The van der Waals surface area contributed by atoms with Gasteiger partial charge in [0.2, 0.25) is 0 Å². The lowest BCUT2D eigenvalue weighted by atomic mass is 9.95. The third-order valence-electron chi connectivity index (χ3n) is 4.06. The highest BCUT2D eigenvalue weighted by atomic mass is 16.5. The van der Waals surface area contributed by atoms with Crippen molar-refractivity contribution < 1.29 is 4.74 Å². The van der Waals surface area contributed by atoms with Gasteiger partial charge in [-0.05, 0) is 34.7 Å². The van der Waals surface area contributed by atoms with Crippen LogP contribution in [0.3, 0.4) is 0 Å². The minimum absolute atomic E-state index is 0.298. The molecule has 1 unspecified atom stereocenters. The van der Waals surface area contributed by atoms with Crippen molar-refractivity contribution in [1.82, 2.24) is 0 Å². The Balaban J connectivity index is 2.27. The van der Waals surface area contributed by atoms with Crippen LogP contribution >= 0.6 is 0 Å². The van der Waals surface area contributed by atoms with Crippen LogP contribution in [-0.4, -0.2) is 13.7 Å². The smallest absolute Gasteiger partial charge is 0.126 e. The van der Waals surface area contributed by atoms with Crippen molar-refractivity contribution in [3.8, 4) is 16.9 Å². The maximum absolute atomic E-state index is 6.01. The molecule has 2 aromatic carbocycles. The topological polar surface area (TPSA) is 35.2 Å². The van der Waals surface area contributed by atoms with Gasteiger partial charge in [-0.2, -0.15) is 0 Å². The fourth-order valence-electron chi connectivity index (χ4n) is 3.07. The number of fused-ring (bicyclic) bond motifs is 3. The van der Waals surface area contributed by atoms with Crippen LogP contribution in [0.2, 0.25) is 0 Å². The zero-order chi connectivity index (χ0) is 13.4. The lowest BCUT2D eigenvalue weighted by molar-refractivity contribution is 0.416. The van der Waals surface area contributed by atoms with Crippen molar-refractivity contribution in [3.05, 3.63) is 53.1 Å². The summed E-state index contributed by atoms with van der Waals surface area (Å²) in [5, 5.41) is 0. The molecule has 0 radical (unpaired) electrons. The van der Waals surface area contributed by atoms with Crippen molar-refractivity contribution in [2.24, 2.45) is 5.73 Å². The molecular formula is C17H19NO. The molecule has 2 nitrogen and oxygen atoms in total. The maximum Gasteiger partial charge on any atom is 0.126 e. The standard InChI is InChI=1S/C17H19NO/c1-3-11-7-8-13-14(9-11)15(10-18)12-5-4-6-16(19-2)17(12)13/h4-9,15H,3,10,18H2,1-2H3. The summed E-state index contributed by atoms with van der Waals surface area (Å²) >= 11 is 0. The van der Waals surface area contributed by atoms with Crippen LogP contribution in [0.15, 0.2) is 36.4 Å². The first-order valence-corrected chi connectivity index (χ1v) is 6.80. The molecule has 0 saturated heterocycles. The zero-order valence-electron chi connectivity index (χ0n) is 11.4. The predicted molar refractivity (Wildman–Crippen MR) is 78.7 cm³/mol. The fraction of sp³-hybridized carbons (Fsp3) is 0.294. The first kappa shape index (κ1) is 12.2. The van der Waals surface area contributed by atoms with Gasteiger partial charge in [-0.3, -0.25) is 0 Å². The molecule has 1 aliphatic rings. The molecule has 0 spiro atoms. The Hall–Kier alpha value is -1.80. The molecule has 1 atom stereocenters. The fourth-order valence-corrected chi connectivity index (χ4v) is 3.07. The monoisotopic (exact) mass is 253 g/mol. The van der Waals surface area contributed by atoms with Crippen molar-refractivity contribution >= 4 is 0 Å². The summed E-state index contributed by atoms with van der Waals surface area (Å²) in [5.41, 5.74) is 12.5. The van der Waals surface area contributed by atoms with Crippen LogP contribution in [0.5, 0.6) is 5.75 Å². The number of ether oxygens (including phenoxy) is 1. The summed E-state index contributed by atoms with van der Waals surface area (Å²) in [5.74, 6) is 1.24. The molecule has 0 heterocycles. The van der Waals surface area contributed by atoms with Gasteiger partial charge < -0.3 is 10.5 Å². The Morgan fingerprint density at radius 3 is 2.68 bits per heavy atom. The van der Waals surface area contributed by atoms with Crippen LogP contribution in [0, 0.1) is 0 Å². The van der Waals surface area contributed by atoms with E-state index in [1.54, 1.807) is 7.11 Å². The first-order chi connectivity index (χ1) is 9.30. The second-order valence-electron chi connectivity index (χ2n) is 4.99. The average Bonchev–Trinajstić information content (AvgIpc) is 2.79. The van der Waals surface area contributed by atoms with Crippen molar-refractivity contribution in [3.63, 3.8) is 0 Å². The van der Waals surface area contributed by atoms with Gasteiger partial charge >= 0.3 is 0 Å². The molecule has 3 rings (SSSR count). The van der Waals surface area contributed by atoms with Crippen LogP contribution in [0.1, 0.15) is 29.5 Å². The van der Waals surface area contributed by atoms with Crippen LogP contribution in [0.25, 0.3) is 11.1 Å². The van der Waals surface area contributed by atoms with Gasteiger partial charge in [-0.1, -0.05) is 37.3 Å². The summed E-state index contributed by atoms with van der Waals surface area (Å²) in [6.45, 7) is 2.82. The molecule has 0 bridgehead atoms. The predicted octanol–water partition coefficient (Wildman–Crippen LogP) is 3.33. The Kier molecular flexibility index (Phi) is 3.03. The highest BCUT2D eigenvalue weighted by Gasteiger charge is 2.30. The number of methoxy groups -OCH3 is 1. The number of aryl methyl sites for hydroxylation is 1. The normalized spacial score (nSPS) is 16.1. The van der Waals surface area contributed by atoms with E-state index in [9.17, 15) is 0 Å². The molecule has 0 saturated carbocycles. The summed E-state index contributed by atoms with van der Waals surface area (Å²) in [6, 6.07) is 13.0. The highest BCUT2D eigenvalue weighted by Crippen LogP contribution is 2.48. The van der Waals surface area contributed by atoms with E-state index in [1.807, 2.05) is 12.1 Å². The van der Waals surface area contributed by atoms with Crippen LogP contribution in [-0.2, 0) is 6.42 Å². The first-order valence-electron chi connectivity index (χ1n) is 6.80. The van der Waals surface area contributed by atoms with E-state index >= 15 is 0 Å².